The fourth-order valence-corrected chi connectivity index (χ4v) is 2.93. The Morgan fingerprint density at radius 3 is 2.36 bits per heavy atom. The number of H-pyrrole nitrogens is 1. The second kappa shape index (κ2) is 5.31. The van der Waals surface area contributed by atoms with Gasteiger partial charge in [0.25, 0.3) is 0 Å². The van der Waals surface area contributed by atoms with E-state index in [1.54, 1.807) is 13.0 Å². The maximum absolute atomic E-state index is 12.9. The maximum atomic E-state index is 12.9. The van der Waals surface area contributed by atoms with E-state index in [4.69, 9.17) is 0 Å². The van der Waals surface area contributed by atoms with Crippen LogP contribution in [-0.4, -0.2) is 15.0 Å². The number of benzene rings is 1. The van der Waals surface area contributed by atoms with Crippen LogP contribution >= 0.6 is 11.8 Å². The van der Waals surface area contributed by atoms with Crippen LogP contribution in [0.15, 0.2) is 40.3 Å². The summed E-state index contributed by atoms with van der Waals surface area (Å²) >= 11 is 1.20. The van der Waals surface area contributed by atoms with Crippen molar-refractivity contribution in [1.29, 1.82) is 0 Å². The Morgan fingerprint density at radius 1 is 1.05 bits per heavy atom. The van der Waals surface area contributed by atoms with Crippen LogP contribution in [0.25, 0.3) is 11.0 Å². The van der Waals surface area contributed by atoms with Gasteiger partial charge < -0.3 is 4.98 Å². The monoisotopic (exact) mass is 323 g/mol. The molecule has 2 aromatic heterocycles. The molecule has 22 heavy (non-hydrogen) atoms. The number of fused-ring (bicyclic) bond motifs is 1. The van der Waals surface area contributed by atoms with Gasteiger partial charge in [-0.15, -0.1) is 0 Å². The van der Waals surface area contributed by atoms with Crippen molar-refractivity contribution in [3.63, 3.8) is 0 Å². The normalized spacial score (nSPS) is 12.0. The molecular weight excluding hydrogens is 311 g/mol. The lowest BCUT2D eigenvalue weighted by Crippen LogP contribution is -2.11. The van der Waals surface area contributed by atoms with Crippen LogP contribution in [0.4, 0.5) is 13.2 Å². The Kier molecular flexibility index (Phi) is 3.60. The predicted molar refractivity (Wildman–Crippen MR) is 78.9 cm³/mol. The van der Waals surface area contributed by atoms with E-state index in [-0.39, 0.29) is 5.65 Å². The molecule has 0 saturated carbocycles. The smallest absolute Gasteiger partial charge is 0.343 e. The summed E-state index contributed by atoms with van der Waals surface area (Å²) in [6.45, 7) is 3.73. The number of nitrogens with zero attached hydrogens (tertiary/aromatic N) is 2. The molecule has 0 aliphatic rings. The fourth-order valence-electron chi connectivity index (χ4n) is 2.04. The highest BCUT2D eigenvalue weighted by Crippen LogP contribution is 2.35. The van der Waals surface area contributed by atoms with Crippen LogP contribution in [-0.2, 0) is 6.18 Å². The second-order valence-corrected chi connectivity index (χ2v) is 6.04. The predicted octanol–water partition coefficient (Wildman–Crippen LogP) is 4.74. The van der Waals surface area contributed by atoms with E-state index >= 15 is 0 Å². The minimum atomic E-state index is -4.57. The van der Waals surface area contributed by atoms with Crippen molar-refractivity contribution in [2.75, 3.05) is 0 Å². The summed E-state index contributed by atoms with van der Waals surface area (Å²) in [5.41, 5.74) is 2.04. The van der Waals surface area contributed by atoms with Gasteiger partial charge in [-0.1, -0.05) is 29.5 Å². The lowest BCUT2D eigenvalue weighted by atomic mass is 10.2. The first-order chi connectivity index (χ1) is 10.3. The van der Waals surface area contributed by atoms with Crippen molar-refractivity contribution in [2.45, 2.75) is 29.9 Å². The molecule has 0 spiro atoms. The van der Waals surface area contributed by atoms with Crippen molar-refractivity contribution in [1.82, 2.24) is 15.0 Å². The van der Waals surface area contributed by atoms with Crippen LogP contribution in [0.3, 0.4) is 0 Å². The van der Waals surface area contributed by atoms with Gasteiger partial charge in [-0.3, -0.25) is 0 Å². The number of halogens is 3. The van der Waals surface area contributed by atoms with Gasteiger partial charge in [0.05, 0.1) is 5.39 Å². The van der Waals surface area contributed by atoms with E-state index in [2.05, 4.69) is 15.0 Å². The Hall–Kier alpha value is -2.02. The van der Waals surface area contributed by atoms with Gasteiger partial charge >= 0.3 is 6.18 Å². The molecule has 2 heterocycles. The molecule has 114 valence electrons. The van der Waals surface area contributed by atoms with Gasteiger partial charge in [-0.2, -0.15) is 13.2 Å². The van der Waals surface area contributed by atoms with Crippen LogP contribution < -0.4 is 0 Å². The van der Waals surface area contributed by atoms with Gasteiger partial charge in [0.2, 0.25) is 5.82 Å². The summed E-state index contributed by atoms with van der Waals surface area (Å²) in [5, 5.41) is 0.890. The number of hydrogen-bond donors (Lipinski definition) is 1. The summed E-state index contributed by atoms with van der Waals surface area (Å²) in [6.07, 6.45) is -4.57. The van der Waals surface area contributed by atoms with Crippen LogP contribution in [0, 0.1) is 13.8 Å². The standard InChI is InChI=1S/C15H12F3N3S/c1-8-3-5-10(6-4-8)22-13-11-7-9(2)19-12(11)20-14(21-13)15(16,17)18/h3-7H,1-2H3,(H,19,20,21). The maximum Gasteiger partial charge on any atom is 0.451 e. The van der Waals surface area contributed by atoms with Gasteiger partial charge in [0, 0.05) is 10.6 Å². The van der Waals surface area contributed by atoms with Gasteiger partial charge in [0.15, 0.2) is 0 Å². The topological polar surface area (TPSA) is 41.6 Å². The number of rotatable bonds is 2. The molecule has 1 N–H and O–H groups in total. The third-order valence-corrected chi connectivity index (χ3v) is 4.09. The number of aromatic amines is 1. The Morgan fingerprint density at radius 2 is 1.73 bits per heavy atom. The van der Waals surface area contributed by atoms with Crippen molar-refractivity contribution < 1.29 is 13.2 Å². The van der Waals surface area contributed by atoms with E-state index in [0.29, 0.717) is 10.4 Å². The zero-order chi connectivity index (χ0) is 15.9. The van der Waals surface area contributed by atoms with E-state index in [1.807, 2.05) is 31.2 Å². The summed E-state index contributed by atoms with van der Waals surface area (Å²) in [4.78, 5) is 11.0. The lowest BCUT2D eigenvalue weighted by molar-refractivity contribution is -0.145. The van der Waals surface area contributed by atoms with Crippen LogP contribution in [0.1, 0.15) is 17.1 Å². The van der Waals surface area contributed by atoms with E-state index in [1.165, 1.54) is 11.8 Å². The van der Waals surface area contributed by atoms with Gasteiger partial charge in [0.1, 0.15) is 10.7 Å². The average Bonchev–Trinajstić information content (AvgIpc) is 2.81. The van der Waals surface area contributed by atoms with Crippen molar-refractivity contribution >= 4 is 22.8 Å². The molecule has 0 fully saturated rings. The molecule has 0 atom stereocenters. The molecule has 0 amide bonds. The zero-order valence-corrected chi connectivity index (χ0v) is 12.6. The van der Waals surface area contributed by atoms with Gasteiger partial charge in [-0.05, 0) is 32.0 Å². The molecule has 7 heteroatoms. The molecular formula is C15H12F3N3S. The van der Waals surface area contributed by atoms with Crippen molar-refractivity contribution in [3.8, 4) is 0 Å². The summed E-state index contributed by atoms with van der Waals surface area (Å²) < 4.78 is 38.8. The quantitative estimate of drug-likeness (QED) is 0.692. The first kappa shape index (κ1) is 14.9. The molecule has 0 radical (unpaired) electrons. The SMILES string of the molecule is Cc1ccc(Sc2nc(C(F)(F)F)nc3[nH]c(C)cc23)cc1. The molecule has 0 aliphatic heterocycles. The van der Waals surface area contributed by atoms with Crippen LogP contribution in [0.5, 0.6) is 0 Å². The minimum Gasteiger partial charge on any atom is -0.343 e. The lowest BCUT2D eigenvalue weighted by Gasteiger charge is -2.08. The Balaban J connectivity index is 2.11. The van der Waals surface area contributed by atoms with Crippen molar-refractivity contribution in [2.24, 2.45) is 0 Å². The average molecular weight is 323 g/mol. The summed E-state index contributed by atoms with van der Waals surface area (Å²) in [5.74, 6) is -1.13. The Bertz CT molecular complexity index is 822. The highest BCUT2D eigenvalue weighted by molar-refractivity contribution is 7.99. The van der Waals surface area contributed by atoms with E-state index in [0.717, 1.165) is 16.2 Å². The number of hydrogen-bond acceptors (Lipinski definition) is 3. The summed E-state index contributed by atoms with van der Waals surface area (Å²) in [6, 6.07) is 9.30. The highest BCUT2D eigenvalue weighted by atomic mass is 32.2. The molecule has 3 nitrogen and oxygen atoms in total. The molecule has 0 aliphatic carbocycles. The van der Waals surface area contributed by atoms with E-state index < -0.39 is 12.0 Å². The molecule has 0 bridgehead atoms. The number of aryl methyl sites for hydroxylation is 2. The van der Waals surface area contributed by atoms with Gasteiger partial charge in [-0.25, -0.2) is 9.97 Å². The minimum absolute atomic E-state index is 0.203. The number of nitrogens with one attached hydrogen (secondary N) is 1. The second-order valence-electron chi connectivity index (χ2n) is 4.98. The molecule has 3 aromatic rings. The largest absolute Gasteiger partial charge is 0.451 e. The third kappa shape index (κ3) is 2.94. The van der Waals surface area contributed by atoms with Crippen molar-refractivity contribution in [3.05, 3.63) is 47.4 Å². The molecule has 1 aromatic carbocycles. The Labute approximate surface area is 129 Å². The van der Waals surface area contributed by atoms with Crippen LogP contribution in [0.2, 0.25) is 0 Å². The number of alkyl halides is 3. The van der Waals surface area contributed by atoms with E-state index in [9.17, 15) is 13.2 Å². The molecule has 0 saturated heterocycles. The first-order valence-electron chi connectivity index (χ1n) is 6.52. The number of aromatic nitrogens is 3. The highest BCUT2D eigenvalue weighted by Gasteiger charge is 2.36. The zero-order valence-electron chi connectivity index (χ0n) is 11.8. The summed E-state index contributed by atoms with van der Waals surface area (Å²) in [7, 11) is 0. The fraction of sp³-hybridized carbons (Fsp3) is 0.200. The molecule has 0 unspecified atom stereocenters. The molecule has 3 rings (SSSR count). The third-order valence-electron chi connectivity index (χ3n) is 3.08. The first-order valence-corrected chi connectivity index (χ1v) is 7.33.